The zero-order valence-electron chi connectivity index (χ0n) is 17.6. The number of benzene rings is 1. The maximum absolute atomic E-state index is 12.8. The van der Waals surface area contributed by atoms with Gasteiger partial charge in [0.25, 0.3) is 5.56 Å². The minimum atomic E-state index is -0.263. The molecule has 0 unspecified atom stereocenters. The number of nitrogens with one attached hydrogen (secondary N) is 1. The first-order valence-corrected chi connectivity index (χ1v) is 10.8. The summed E-state index contributed by atoms with van der Waals surface area (Å²) < 4.78 is 1.68. The van der Waals surface area contributed by atoms with Crippen molar-refractivity contribution in [3.63, 3.8) is 0 Å². The van der Waals surface area contributed by atoms with Crippen LogP contribution in [0.2, 0.25) is 0 Å². The second-order valence-corrected chi connectivity index (χ2v) is 8.36. The molecule has 1 aromatic carbocycles. The van der Waals surface area contributed by atoms with Crippen LogP contribution in [-0.4, -0.2) is 52.7 Å². The Hall–Kier alpha value is -3.44. The Labute approximate surface area is 180 Å². The number of nitrogens with zero attached hydrogens (tertiary/aromatic N) is 6. The molecule has 8 nitrogen and oxygen atoms in total. The molecule has 0 radical (unpaired) electrons. The average Bonchev–Trinajstić information content (AvgIpc) is 2.75. The summed E-state index contributed by atoms with van der Waals surface area (Å²) in [5.41, 5.74) is 2.56. The third-order valence-electron chi connectivity index (χ3n) is 6.33. The van der Waals surface area contributed by atoms with Gasteiger partial charge in [-0.1, -0.05) is 0 Å². The molecule has 5 rings (SSSR count). The van der Waals surface area contributed by atoms with Gasteiger partial charge in [-0.2, -0.15) is 10.2 Å². The minimum Gasteiger partial charge on any atom is -0.369 e. The average molecular weight is 416 g/mol. The number of rotatable bonds is 4. The van der Waals surface area contributed by atoms with Crippen LogP contribution in [0.25, 0.3) is 11.0 Å². The summed E-state index contributed by atoms with van der Waals surface area (Å²) >= 11 is 0. The van der Waals surface area contributed by atoms with E-state index < -0.39 is 0 Å². The van der Waals surface area contributed by atoms with Gasteiger partial charge in [-0.05, 0) is 56.6 Å². The van der Waals surface area contributed by atoms with Gasteiger partial charge in [0.05, 0.1) is 0 Å². The molecule has 0 atom stereocenters. The number of hydrogen-bond donors (Lipinski definition) is 1. The summed E-state index contributed by atoms with van der Waals surface area (Å²) in [6.45, 7) is 4.20. The van der Waals surface area contributed by atoms with Crippen molar-refractivity contribution in [2.45, 2.75) is 25.3 Å². The highest BCUT2D eigenvalue weighted by atomic mass is 16.1. The number of piperazine rings is 1. The van der Waals surface area contributed by atoms with Crippen LogP contribution in [0.4, 0.5) is 17.3 Å². The van der Waals surface area contributed by atoms with Crippen LogP contribution in [0.5, 0.6) is 0 Å². The zero-order chi connectivity index (χ0) is 21.4. The summed E-state index contributed by atoms with van der Waals surface area (Å²) in [6.07, 6.45) is 4.64. The zero-order valence-corrected chi connectivity index (χ0v) is 17.6. The second-order valence-electron chi connectivity index (χ2n) is 8.36. The fraction of sp³-hybridized carbons (Fsp3) is 0.391. The van der Waals surface area contributed by atoms with E-state index in [0.29, 0.717) is 17.0 Å². The first kappa shape index (κ1) is 19.5. The first-order chi connectivity index (χ1) is 15.1. The molecule has 0 amide bonds. The third-order valence-corrected chi connectivity index (χ3v) is 6.33. The van der Waals surface area contributed by atoms with E-state index in [1.165, 1.54) is 5.69 Å². The number of aromatic nitrogens is 3. The van der Waals surface area contributed by atoms with Crippen molar-refractivity contribution in [3.05, 3.63) is 52.4 Å². The molecule has 2 aliphatic rings. The van der Waals surface area contributed by atoms with Crippen LogP contribution in [0.15, 0.2) is 41.3 Å². The Balaban J connectivity index is 1.42. The van der Waals surface area contributed by atoms with Crippen LogP contribution in [-0.2, 0) is 0 Å². The molecule has 8 heteroatoms. The molecular weight excluding hydrogens is 390 g/mol. The number of pyridine rings is 1. The van der Waals surface area contributed by atoms with Gasteiger partial charge in [0, 0.05) is 55.2 Å². The fourth-order valence-corrected chi connectivity index (χ4v) is 4.19. The van der Waals surface area contributed by atoms with Gasteiger partial charge in [0.15, 0.2) is 0 Å². The normalized spacial score (nSPS) is 17.4. The van der Waals surface area contributed by atoms with Gasteiger partial charge >= 0.3 is 0 Å². The van der Waals surface area contributed by atoms with Gasteiger partial charge < -0.3 is 15.1 Å². The highest BCUT2D eigenvalue weighted by Crippen LogP contribution is 2.32. The summed E-state index contributed by atoms with van der Waals surface area (Å²) in [5.74, 6) is 0.442. The number of likely N-dealkylation sites (N-methyl/N-ethyl adjacent to an activating group) is 1. The van der Waals surface area contributed by atoms with Gasteiger partial charge in [-0.3, -0.25) is 9.36 Å². The van der Waals surface area contributed by atoms with E-state index in [1.807, 2.05) is 18.2 Å². The number of hydrogen-bond acceptors (Lipinski definition) is 7. The Bertz CT molecular complexity index is 1200. The Morgan fingerprint density at radius 3 is 2.52 bits per heavy atom. The van der Waals surface area contributed by atoms with E-state index >= 15 is 0 Å². The van der Waals surface area contributed by atoms with Crippen molar-refractivity contribution in [1.29, 1.82) is 5.26 Å². The van der Waals surface area contributed by atoms with Crippen LogP contribution >= 0.6 is 0 Å². The number of anilines is 3. The molecule has 1 N–H and O–H groups in total. The highest BCUT2D eigenvalue weighted by Gasteiger charge is 2.24. The van der Waals surface area contributed by atoms with Crippen molar-refractivity contribution in [3.8, 4) is 6.07 Å². The maximum Gasteiger partial charge on any atom is 0.270 e. The Kier molecular flexibility index (Phi) is 5.04. The standard InChI is InChI=1S/C23H25N7O/c1-28-9-11-29(12-10-28)19-7-5-18(6-8-19)26-23-25-15-17-13-16(14-24)22(31)30(21(17)27-23)20-3-2-4-20/h5-8,13,15,20H,2-4,9-12H2,1H3,(H,25,26,27). The fourth-order valence-electron chi connectivity index (χ4n) is 4.19. The molecule has 2 fully saturated rings. The van der Waals surface area contributed by atoms with Crippen LogP contribution in [0.1, 0.15) is 30.9 Å². The van der Waals surface area contributed by atoms with E-state index in [2.05, 4.69) is 44.3 Å². The lowest BCUT2D eigenvalue weighted by molar-refractivity contribution is 0.313. The molecule has 1 aliphatic heterocycles. The van der Waals surface area contributed by atoms with Gasteiger partial charge in [0.2, 0.25) is 5.95 Å². The molecule has 2 aromatic heterocycles. The summed E-state index contributed by atoms with van der Waals surface area (Å²) in [7, 11) is 2.15. The van der Waals surface area contributed by atoms with Crippen molar-refractivity contribution < 1.29 is 0 Å². The van der Waals surface area contributed by atoms with Crippen LogP contribution in [0.3, 0.4) is 0 Å². The number of nitriles is 1. The molecule has 158 valence electrons. The minimum absolute atomic E-state index is 0.105. The second kappa shape index (κ2) is 8.00. The van der Waals surface area contributed by atoms with Crippen molar-refractivity contribution in [1.82, 2.24) is 19.4 Å². The van der Waals surface area contributed by atoms with E-state index in [4.69, 9.17) is 0 Å². The molecule has 31 heavy (non-hydrogen) atoms. The van der Waals surface area contributed by atoms with Crippen molar-refractivity contribution in [2.75, 3.05) is 43.4 Å². The lowest BCUT2D eigenvalue weighted by Crippen LogP contribution is -2.44. The molecule has 3 aromatic rings. The van der Waals surface area contributed by atoms with Crippen LogP contribution < -0.4 is 15.8 Å². The molecule has 1 aliphatic carbocycles. The van der Waals surface area contributed by atoms with Crippen molar-refractivity contribution >= 4 is 28.4 Å². The third kappa shape index (κ3) is 3.73. The van der Waals surface area contributed by atoms with Gasteiger partial charge in [-0.25, -0.2) is 4.98 Å². The van der Waals surface area contributed by atoms with Gasteiger partial charge in [-0.15, -0.1) is 0 Å². The predicted molar refractivity (Wildman–Crippen MR) is 121 cm³/mol. The van der Waals surface area contributed by atoms with Crippen molar-refractivity contribution in [2.24, 2.45) is 0 Å². The first-order valence-electron chi connectivity index (χ1n) is 10.8. The smallest absolute Gasteiger partial charge is 0.270 e. The maximum atomic E-state index is 12.8. The number of fused-ring (bicyclic) bond motifs is 1. The summed E-state index contributed by atoms with van der Waals surface area (Å²) in [6, 6.07) is 12.0. The molecule has 1 saturated heterocycles. The van der Waals surface area contributed by atoms with E-state index in [0.717, 1.165) is 51.1 Å². The SMILES string of the molecule is CN1CCN(c2ccc(Nc3ncc4cc(C#N)c(=O)n(C5CCC5)c4n3)cc2)CC1. The quantitative estimate of drug-likeness (QED) is 0.701. The monoisotopic (exact) mass is 415 g/mol. The molecule has 3 heterocycles. The molecule has 0 spiro atoms. The van der Waals surface area contributed by atoms with E-state index in [1.54, 1.807) is 16.8 Å². The lowest BCUT2D eigenvalue weighted by Gasteiger charge is -2.34. The summed E-state index contributed by atoms with van der Waals surface area (Å²) in [5, 5.41) is 13.3. The van der Waals surface area contributed by atoms with E-state index in [-0.39, 0.29) is 17.2 Å². The Morgan fingerprint density at radius 2 is 1.87 bits per heavy atom. The molecule has 0 bridgehead atoms. The Morgan fingerprint density at radius 1 is 1.13 bits per heavy atom. The molecule has 1 saturated carbocycles. The van der Waals surface area contributed by atoms with Crippen LogP contribution in [0, 0.1) is 11.3 Å². The molecular formula is C23H25N7O. The van der Waals surface area contributed by atoms with E-state index in [9.17, 15) is 10.1 Å². The summed E-state index contributed by atoms with van der Waals surface area (Å²) in [4.78, 5) is 26.6. The lowest BCUT2D eigenvalue weighted by atomic mass is 9.92. The largest absolute Gasteiger partial charge is 0.369 e. The highest BCUT2D eigenvalue weighted by molar-refractivity contribution is 5.77. The predicted octanol–water partition coefficient (Wildman–Crippen LogP) is 2.88. The topological polar surface area (TPSA) is 90.1 Å². The van der Waals surface area contributed by atoms with Gasteiger partial charge in [0.1, 0.15) is 17.3 Å².